The maximum Gasteiger partial charge on any atom is 0.195 e. The summed E-state index contributed by atoms with van der Waals surface area (Å²) in [5.41, 5.74) is 3.45. The Balaban J connectivity index is 0.00000320. The van der Waals surface area contributed by atoms with Gasteiger partial charge in [-0.05, 0) is 23.3 Å². The Morgan fingerprint density at radius 1 is 1.03 bits per heavy atom. The molecule has 0 aromatic heterocycles. The Bertz CT molecular complexity index is 826. The van der Waals surface area contributed by atoms with Crippen molar-refractivity contribution < 1.29 is 14.2 Å². The molecule has 30 heavy (non-hydrogen) atoms. The van der Waals surface area contributed by atoms with Gasteiger partial charge in [0.2, 0.25) is 0 Å². The number of nitrogens with one attached hydrogen (secondary N) is 2. The molecule has 0 radical (unpaired) electrons. The smallest absolute Gasteiger partial charge is 0.195 e. The molecule has 1 heterocycles. The number of anilines is 1. The van der Waals surface area contributed by atoms with E-state index in [1.165, 1.54) is 11.1 Å². The van der Waals surface area contributed by atoms with Crippen molar-refractivity contribution in [3.8, 4) is 11.5 Å². The Hall–Kier alpha value is -2.04. The Labute approximate surface area is 195 Å². The third-order valence-corrected chi connectivity index (χ3v) is 4.93. The van der Waals surface area contributed by atoms with E-state index in [1.54, 1.807) is 21.3 Å². The van der Waals surface area contributed by atoms with Gasteiger partial charge in [-0.1, -0.05) is 24.3 Å². The van der Waals surface area contributed by atoms with Crippen LogP contribution in [-0.4, -0.2) is 58.4 Å². The average molecular weight is 526 g/mol. The predicted octanol–water partition coefficient (Wildman–Crippen LogP) is 3.34. The molecule has 164 valence electrons. The molecule has 0 aliphatic carbocycles. The summed E-state index contributed by atoms with van der Waals surface area (Å²) in [7, 11) is 5.01. The molecule has 0 atom stereocenters. The maximum absolute atomic E-state index is 5.45. The van der Waals surface area contributed by atoms with Gasteiger partial charge in [0.15, 0.2) is 17.5 Å². The minimum absolute atomic E-state index is 0. The quantitative estimate of drug-likeness (QED) is 0.328. The molecule has 2 aromatic carbocycles. The van der Waals surface area contributed by atoms with Crippen LogP contribution in [0.1, 0.15) is 11.1 Å². The van der Waals surface area contributed by atoms with Gasteiger partial charge in [-0.25, -0.2) is 0 Å². The number of hydrogen-bond donors (Lipinski definition) is 2. The van der Waals surface area contributed by atoms with Crippen LogP contribution < -0.4 is 20.1 Å². The molecule has 8 heteroatoms. The summed E-state index contributed by atoms with van der Waals surface area (Å²) in [6.07, 6.45) is 0. The molecule has 1 aliphatic heterocycles. The summed E-state index contributed by atoms with van der Waals surface area (Å²) in [4.78, 5) is 6.77. The van der Waals surface area contributed by atoms with Gasteiger partial charge in [0.25, 0.3) is 0 Å². The van der Waals surface area contributed by atoms with Gasteiger partial charge in [0.05, 0.1) is 27.4 Å². The molecule has 0 spiro atoms. The average Bonchev–Trinajstić information content (AvgIpc) is 2.78. The van der Waals surface area contributed by atoms with E-state index >= 15 is 0 Å². The fourth-order valence-corrected chi connectivity index (χ4v) is 3.29. The summed E-state index contributed by atoms with van der Waals surface area (Å²) >= 11 is 0. The number of benzene rings is 2. The van der Waals surface area contributed by atoms with Crippen molar-refractivity contribution >= 4 is 35.6 Å². The van der Waals surface area contributed by atoms with E-state index < -0.39 is 0 Å². The van der Waals surface area contributed by atoms with Crippen molar-refractivity contribution in [3.05, 3.63) is 53.6 Å². The number of nitrogens with zero attached hydrogens (tertiary/aromatic N) is 2. The van der Waals surface area contributed by atoms with E-state index in [0.29, 0.717) is 24.0 Å². The number of rotatable bonds is 7. The molecule has 7 nitrogen and oxygen atoms in total. The number of guanidine groups is 1. The summed E-state index contributed by atoms with van der Waals surface area (Å²) in [5.74, 6) is 2.06. The van der Waals surface area contributed by atoms with E-state index in [0.717, 1.165) is 38.5 Å². The molecule has 0 unspecified atom stereocenters. The van der Waals surface area contributed by atoms with Crippen molar-refractivity contribution in [2.75, 3.05) is 52.9 Å². The molecule has 0 bridgehead atoms. The first kappa shape index (κ1) is 24.2. The number of halogens is 1. The molecule has 2 aromatic rings. The number of ether oxygens (including phenoxy) is 3. The van der Waals surface area contributed by atoms with Gasteiger partial charge in [-0.2, -0.15) is 0 Å². The zero-order chi connectivity index (χ0) is 20.5. The van der Waals surface area contributed by atoms with Crippen molar-refractivity contribution in [2.24, 2.45) is 4.99 Å². The van der Waals surface area contributed by atoms with Crippen molar-refractivity contribution in [3.63, 3.8) is 0 Å². The lowest BCUT2D eigenvalue weighted by Gasteiger charge is -2.27. The lowest BCUT2D eigenvalue weighted by Crippen LogP contribution is -2.36. The number of aliphatic imine (C=N–C) groups is 1. The SMILES string of the molecule is CN=C(NCc1ccccc1CN1CCOCC1)Nc1ccc(OC)c(OC)c1.I. The number of morpholine rings is 1. The first-order chi connectivity index (χ1) is 14.2. The van der Waals surface area contributed by atoms with Gasteiger partial charge in [0, 0.05) is 45.0 Å². The molecule has 1 aliphatic rings. The van der Waals surface area contributed by atoms with E-state index in [9.17, 15) is 0 Å². The standard InChI is InChI=1S/C22H30N4O3.HI/c1-23-22(25-19-8-9-20(27-2)21(14-19)28-3)24-15-17-6-4-5-7-18(17)16-26-10-12-29-13-11-26;/h4-9,14H,10-13,15-16H2,1-3H3,(H2,23,24,25);1H. The number of methoxy groups -OCH3 is 2. The second kappa shape index (κ2) is 12.6. The van der Waals surface area contributed by atoms with E-state index in [-0.39, 0.29) is 24.0 Å². The largest absolute Gasteiger partial charge is 0.493 e. The number of hydrogen-bond acceptors (Lipinski definition) is 5. The van der Waals surface area contributed by atoms with Crippen LogP contribution in [0, 0.1) is 0 Å². The van der Waals surface area contributed by atoms with Crippen LogP contribution in [0.25, 0.3) is 0 Å². The molecule has 2 N–H and O–H groups in total. The van der Waals surface area contributed by atoms with Crippen LogP contribution in [0.4, 0.5) is 5.69 Å². The fraction of sp³-hybridized carbons (Fsp3) is 0.409. The van der Waals surface area contributed by atoms with Crippen LogP contribution in [-0.2, 0) is 17.8 Å². The van der Waals surface area contributed by atoms with Crippen LogP contribution in [0.2, 0.25) is 0 Å². The van der Waals surface area contributed by atoms with Crippen LogP contribution in [0.5, 0.6) is 11.5 Å². The third-order valence-electron chi connectivity index (χ3n) is 4.93. The Morgan fingerprint density at radius 2 is 1.73 bits per heavy atom. The molecular formula is C22H31IN4O3. The highest BCUT2D eigenvalue weighted by molar-refractivity contribution is 14.0. The third kappa shape index (κ3) is 6.75. The molecule has 3 rings (SSSR count). The van der Waals surface area contributed by atoms with Crippen molar-refractivity contribution in [2.45, 2.75) is 13.1 Å². The minimum Gasteiger partial charge on any atom is -0.493 e. The monoisotopic (exact) mass is 526 g/mol. The van der Waals surface area contributed by atoms with Gasteiger partial charge in [0.1, 0.15) is 0 Å². The predicted molar refractivity (Wildman–Crippen MR) is 131 cm³/mol. The molecular weight excluding hydrogens is 495 g/mol. The summed E-state index contributed by atoms with van der Waals surface area (Å²) in [6.45, 7) is 5.19. The van der Waals surface area contributed by atoms with Gasteiger partial charge < -0.3 is 24.8 Å². The second-order valence-corrected chi connectivity index (χ2v) is 6.78. The van der Waals surface area contributed by atoms with Gasteiger partial charge in [-0.3, -0.25) is 9.89 Å². The maximum atomic E-state index is 5.45. The van der Waals surface area contributed by atoms with Gasteiger partial charge in [-0.15, -0.1) is 24.0 Å². The van der Waals surface area contributed by atoms with Crippen LogP contribution >= 0.6 is 24.0 Å². The lowest BCUT2D eigenvalue weighted by molar-refractivity contribution is 0.0341. The van der Waals surface area contributed by atoms with Crippen LogP contribution in [0.15, 0.2) is 47.5 Å². The normalized spacial score (nSPS) is 14.6. The van der Waals surface area contributed by atoms with E-state index in [2.05, 4.69) is 44.8 Å². The van der Waals surface area contributed by atoms with Crippen molar-refractivity contribution in [1.29, 1.82) is 0 Å². The second-order valence-electron chi connectivity index (χ2n) is 6.78. The van der Waals surface area contributed by atoms with E-state index in [4.69, 9.17) is 14.2 Å². The zero-order valence-electron chi connectivity index (χ0n) is 17.8. The topological polar surface area (TPSA) is 67.4 Å². The molecule has 1 fully saturated rings. The summed E-state index contributed by atoms with van der Waals surface area (Å²) in [6, 6.07) is 14.2. The molecule has 1 saturated heterocycles. The summed E-state index contributed by atoms with van der Waals surface area (Å²) < 4.78 is 16.1. The highest BCUT2D eigenvalue weighted by Crippen LogP contribution is 2.29. The molecule has 0 amide bonds. The highest BCUT2D eigenvalue weighted by Gasteiger charge is 2.13. The highest BCUT2D eigenvalue weighted by atomic mass is 127. The zero-order valence-corrected chi connectivity index (χ0v) is 20.1. The van der Waals surface area contributed by atoms with Crippen LogP contribution in [0.3, 0.4) is 0 Å². The first-order valence-electron chi connectivity index (χ1n) is 9.80. The first-order valence-corrected chi connectivity index (χ1v) is 9.80. The molecule has 0 saturated carbocycles. The lowest BCUT2D eigenvalue weighted by atomic mass is 10.1. The van der Waals surface area contributed by atoms with E-state index in [1.807, 2.05) is 18.2 Å². The Kier molecular flexibility index (Phi) is 10.2. The fourth-order valence-electron chi connectivity index (χ4n) is 3.29. The van der Waals surface area contributed by atoms with Gasteiger partial charge >= 0.3 is 0 Å². The summed E-state index contributed by atoms with van der Waals surface area (Å²) in [5, 5.41) is 6.70. The Morgan fingerprint density at radius 3 is 2.40 bits per heavy atom. The van der Waals surface area contributed by atoms with Crippen molar-refractivity contribution in [1.82, 2.24) is 10.2 Å². The minimum atomic E-state index is 0.